The van der Waals surface area contributed by atoms with Gasteiger partial charge in [0.05, 0.1) is 11.5 Å². The number of epoxide rings is 1. The number of carbonyl (C=O) groups excluding carboxylic acids is 1. The molecule has 1 spiro atoms. The summed E-state index contributed by atoms with van der Waals surface area (Å²) >= 11 is 0. The van der Waals surface area contributed by atoms with Crippen molar-refractivity contribution in [3.8, 4) is 0 Å². The first-order valence-corrected chi connectivity index (χ1v) is 6.88. The summed E-state index contributed by atoms with van der Waals surface area (Å²) in [5.41, 5.74) is 2.06. The van der Waals surface area contributed by atoms with Crippen molar-refractivity contribution in [1.82, 2.24) is 0 Å². The Hall–Kier alpha value is -1.13. The Labute approximate surface area is 112 Å². The molecule has 0 unspecified atom stereocenters. The lowest BCUT2D eigenvalue weighted by Gasteiger charge is -2.27. The zero-order valence-corrected chi connectivity index (χ0v) is 11.4. The number of rotatable bonds is 0. The van der Waals surface area contributed by atoms with Crippen molar-refractivity contribution in [3.05, 3.63) is 22.8 Å². The van der Waals surface area contributed by atoms with Gasteiger partial charge < -0.3 is 14.6 Å². The summed E-state index contributed by atoms with van der Waals surface area (Å²) in [4.78, 5) is 11.8. The van der Waals surface area contributed by atoms with Gasteiger partial charge in [0.1, 0.15) is 17.8 Å². The van der Waals surface area contributed by atoms with Crippen molar-refractivity contribution in [2.75, 3.05) is 0 Å². The van der Waals surface area contributed by atoms with Crippen LogP contribution in [0.1, 0.15) is 33.6 Å². The quantitative estimate of drug-likeness (QED) is 0.408. The first-order valence-electron chi connectivity index (χ1n) is 6.88. The van der Waals surface area contributed by atoms with E-state index in [-0.39, 0.29) is 23.6 Å². The summed E-state index contributed by atoms with van der Waals surface area (Å²) in [6.07, 6.45) is 2.67. The Morgan fingerprint density at radius 3 is 2.89 bits per heavy atom. The number of esters is 1. The highest BCUT2D eigenvalue weighted by Gasteiger charge is 2.78. The van der Waals surface area contributed by atoms with Gasteiger partial charge in [-0.2, -0.15) is 0 Å². The lowest BCUT2D eigenvalue weighted by Crippen LogP contribution is -2.42. The molecule has 0 aromatic heterocycles. The summed E-state index contributed by atoms with van der Waals surface area (Å²) < 4.78 is 11.6. The second-order valence-corrected chi connectivity index (χ2v) is 6.44. The third-order valence-electron chi connectivity index (χ3n) is 5.53. The van der Waals surface area contributed by atoms with Crippen LogP contribution in [0.3, 0.4) is 0 Å². The zero-order valence-electron chi connectivity index (χ0n) is 11.4. The van der Waals surface area contributed by atoms with Crippen LogP contribution >= 0.6 is 0 Å². The van der Waals surface area contributed by atoms with Gasteiger partial charge in [0.15, 0.2) is 0 Å². The maximum atomic E-state index is 11.8. The Kier molecular flexibility index (Phi) is 1.92. The fourth-order valence-electron chi connectivity index (χ4n) is 4.41. The van der Waals surface area contributed by atoms with Crippen LogP contribution in [0.5, 0.6) is 0 Å². The smallest absolute Gasteiger partial charge is 0.334 e. The molecule has 0 aromatic rings. The van der Waals surface area contributed by atoms with Crippen LogP contribution in [-0.4, -0.2) is 34.5 Å². The van der Waals surface area contributed by atoms with Gasteiger partial charge in [0.2, 0.25) is 0 Å². The second-order valence-electron chi connectivity index (χ2n) is 6.44. The van der Waals surface area contributed by atoms with Crippen LogP contribution in [0.25, 0.3) is 0 Å². The van der Waals surface area contributed by atoms with Gasteiger partial charge in [-0.3, -0.25) is 0 Å². The predicted octanol–water partition coefficient (Wildman–Crippen LogP) is 1.49. The predicted molar refractivity (Wildman–Crippen MR) is 67.3 cm³/mol. The van der Waals surface area contributed by atoms with E-state index in [1.165, 1.54) is 0 Å². The van der Waals surface area contributed by atoms with Crippen molar-refractivity contribution in [1.29, 1.82) is 0 Å². The highest BCUT2D eigenvalue weighted by molar-refractivity contribution is 5.92. The minimum absolute atomic E-state index is 0.0357. The Morgan fingerprint density at radius 2 is 2.16 bits per heavy atom. The van der Waals surface area contributed by atoms with Crippen LogP contribution in [0.15, 0.2) is 22.8 Å². The number of aliphatic hydroxyl groups is 1. The molecule has 1 saturated carbocycles. The molecule has 0 bridgehead atoms. The molecular formula is C15H18O4. The molecule has 102 valence electrons. The monoisotopic (exact) mass is 262 g/mol. The molecule has 1 N–H and O–H groups in total. The van der Waals surface area contributed by atoms with E-state index in [1.54, 1.807) is 0 Å². The number of hydrogen-bond donors (Lipinski definition) is 1. The van der Waals surface area contributed by atoms with Crippen molar-refractivity contribution >= 4 is 5.97 Å². The fraction of sp³-hybridized carbons (Fsp3) is 0.667. The van der Waals surface area contributed by atoms with Gasteiger partial charge in [0, 0.05) is 5.57 Å². The number of ether oxygens (including phenoxy) is 2. The van der Waals surface area contributed by atoms with E-state index < -0.39 is 11.7 Å². The van der Waals surface area contributed by atoms with Crippen molar-refractivity contribution in [2.45, 2.75) is 57.0 Å². The largest absolute Gasteiger partial charge is 0.454 e. The minimum Gasteiger partial charge on any atom is -0.454 e. The average molecular weight is 262 g/mol. The molecule has 4 nitrogen and oxygen atoms in total. The van der Waals surface area contributed by atoms with Crippen LogP contribution < -0.4 is 0 Å². The van der Waals surface area contributed by atoms with Crippen LogP contribution in [0, 0.1) is 5.92 Å². The lowest BCUT2D eigenvalue weighted by molar-refractivity contribution is -0.142. The number of carbonyl (C=O) groups is 1. The maximum absolute atomic E-state index is 11.8. The molecule has 4 heteroatoms. The van der Waals surface area contributed by atoms with E-state index in [4.69, 9.17) is 9.47 Å². The van der Waals surface area contributed by atoms with Gasteiger partial charge in [-0.25, -0.2) is 4.79 Å². The van der Waals surface area contributed by atoms with Gasteiger partial charge in [0.25, 0.3) is 0 Å². The molecule has 0 amide bonds. The van der Waals surface area contributed by atoms with Gasteiger partial charge in [-0.1, -0.05) is 11.6 Å². The third-order valence-corrected chi connectivity index (χ3v) is 5.53. The summed E-state index contributed by atoms with van der Waals surface area (Å²) in [7, 11) is 0. The van der Waals surface area contributed by atoms with E-state index in [0.717, 1.165) is 29.6 Å². The Bertz CT molecular complexity index is 560. The molecule has 1 saturated heterocycles. The normalized spacial score (nSPS) is 51.1. The number of fused-ring (bicyclic) bond motifs is 2. The zero-order chi connectivity index (χ0) is 13.6. The van der Waals surface area contributed by atoms with Crippen LogP contribution in [0.4, 0.5) is 0 Å². The van der Waals surface area contributed by atoms with Crippen LogP contribution in [-0.2, 0) is 14.3 Å². The Balaban J connectivity index is 1.87. The maximum Gasteiger partial charge on any atom is 0.334 e. The van der Waals surface area contributed by atoms with E-state index in [0.29, 0.717) is 0 Å². The second kappa shape index (κ2) is 3.13. The van der Waals surface area contributed by atoms with Gasteiger partial charge >= 0.3 is 5.97 Å². The molecule has 19 heavy (non-hydrogen) atoms. The molecular weight excluding hydrogens is 244 g/mol. The third kappa shape index (κ3) is 1.11. The molecule has 2 aliphatic heterocycles. The number of hydrogen-bond acceptors (Lipinski definition) is 4. The number of aliphatic hydroxyl groups excluding tert-OH is 1. The van der Waals surface area contributed by atoms with E-state index in [1.807, 2.05) is 19.9 Å². The van der Waals surface area contributed by atoms with Crippen molar-refractivity contribution < 1.29 is 19.4 Å². The van der Waals surface area contributed by atoms with E-state index in [2.05, 4.69) is 6.92 Å². The van der Waals surface area contributed by atoms with Gasteiger partial charge in [-0.05, 0) is 39.2 Å². The summed E-state index contributed by atoms with van der Waals surface area (Å²) in [6, 6.07) is 0. The molecule has 2 heterocycles. The lowest BCUT2D eigenvalue weighted by atomic mass is 9.78. The van der Waals surface area contributed by atoms with Gasteiger partial charge in [-0.15, -0.1) is 0 Å². The SMILES string of the molecule is CC1=C[C@@H](O)[C@]23O[C@@]2(C)CCC2=C(C)C(=O)O[C@H]2[C@H]13. The van der Waals surface area contributed by atoms with Crippen molar-refractivity contribution in [2.24, 2.45) is 5.92 Å². The summed E-state index contributed by atoms with van der Waals surface area (Å²) in [5.74, 6) is -0.250. The fourth-order valence-corrected chi connectivity index (χ4v) is 4.41. The van der Waals surface area contributed by atoms with E-state index >= 15 is 0 Å². The summed E-state index contributed by atoms with van der Waals surface area (Å²) in [5, 5.41) is 10.4. The molecule has 0 aromatic carbocycles. The molecule has 0 radical (unpaired) electrons. The molecule has 5 atom stereocenters. The minimum atomic E-state index is -0.596. The summed E-state index contributed by atoms with van der Waals surface area (Å²) in [6.45, 7) is 5.90. The van der Waals surface area contributed by atoms with Crippen LogP contribution in [0.2, 0.25) is 0 Å². The molecule has 4 aliphatic rings. The first-order chi connectivity index (χ1) is 8.91. The molecule has 4 rings (SSSR count). The standard InChI is InChI=1S/C15H18O4/c1-7-6-10(16)15-11(7)12-9(8(2)13(17)18-12)4-5-14(15,3)19-15/h6,10-12,16H,4-5H2,1-3H3/t10-,11+,12-,14+,15-/m1/s1. The molecule has 2 aliphatic carbocycles. The highest BCUT2D eigenvalue weighted by Crippen LogP contribution is 2.66. The van der Waals surface area contributed by atoms with E-state index in [9.17, 15) is 9.90 Å². The van der Waals surface area contributed by atoms with Crippen molar-refractivity contribution in [3.63, 3.8) is 0 Å². The Morgan fingerprint density at radius 1 is 1.42 bits per heavy atom. The highest BCUT2D eigenvalue weighted by atomic mass is 16.6. The average Bonchev–Trinajstić information content (AvgIpc) is 2.77. The molecule has 2 fully saturated rings. The topological polar surface area (TPSA) is 59.1 Å². The first kappa shape index (κ1) is 11.7.